The largest absolute Gasteiger partial charge is 0.393 e. The van der Waals surface area contributed by atoms with E-state index >= 15 is 0 Å². The maximum Gasteiger partial charge on any atom is 0.320 e. The van der Waals surface area contributed by atoms with Gasteiger partial charge in [0.05, 0.1) is 29.8 Å². The molecule has 2 rings (SSSR count). The van der Waals surface area contributed by atoms with Crippen LogP contribution in [0.2, 0.25) is 0 Å². The molecule has 0 saturated carbocycles. The van der Waals surface area contributed by atoms with Gasteiger partial charge in [-0.05, 0) is 18.8 Å². The van der Waals surface area contributed by atoms with E-state index in [1.807, 2.05) is 6.92 Å². The summed E-state index contributed by atoms with van der Waals surface area (Å²) in [6, 6.07) is 0. The summed E-state index contributed by atoms with van der Waals surface area (Å²) in [5.41, 5.74) is 0. The molecular formula is C16H22O7. The molecule has 0 bridgehead atoms. The Bertz CT molecular complexity index is 523. The summed E-state index contributed by atoms with van der Waals surface area (Å²) < 4.78 is 14.7. The number of cyclic esters (lactones) is 4. The summed E-state index contributed by atoms with van der Waals surface area (Å²) in [6.07, 6.45) is 0.419. The number of esters is 4. The smallest absolute Gasteiger partial charge is 0.320 e. The van der Waals surface area contributed by atoms with Crippen LogP contribution in [0, 0.1) is 29.6 Å². The van der Waals surface area contributed by atoms with Crippen LogP contribution in [0.4, 0.5) is 0 Å². The van der Waals surface area contributed by atoms with Crippen molar-refractivity contribution in [3.8, 4) is 0 Å². The lowest BCUT2D eigenvalue weighted by molar-refractivity contribution is -0.156. The lowest BCUT2D eigenvalue weighted by Gasteiger charge is -2.25. The van der Waals surface area contributed by atoms with E-state index in [9.17, 15) is 19.2 Å². The van der Waals surface area contributed by atoms with Crippen molar-refractivity contribution in [2.45, 2.75) is 39.7 Å². The third-order valence-corrected chi connectivity index (χ3v) is 4.94. The highest BCUT2D eigenvalue weighted by Crippen LogP contribution is 2.39. The van der Waals surface area contributed by atoms with Crippen LogP contribution in [-0.2, 0) is 33.4 Å². The van der Waals surface area contributed by atoms with Crippen molar-refractivity contribution >= 4 is 23.9 Å². The van der Waals surface area contributed by atoms with E-state index in [-0.39, 0.29) is 12.3 Å². The highest BCUT2D eigenvalue weighted by molar-refractivity contribution is 5.97. The van der Waals surface area contributed by atoms with Gasteiger partial charge in [-0.15, -0.1) is 0 Å². The number of methoxy groups -OCH3 is 1. The molecule has 2 fully saturated rings. The van der Waals surface area contributed by atoms with Crippen LogP contribution in [0.5, 0.6) is 0 Å². The number of rotatable bonds is 6. The second kappa shape index (κ2) is 6.78. The predicted octanol–water partition coefficient (Wildman–Crippen LogP) is 1.09. The molecule has 0 radical (unpaired) electrons. The van der Waals surface area contributed by atoms with Crippen LogP contribution in [-0.4, -0.2) is 37.1 Å². The van der Waals surface area contributed by atoms with Gasteiger partial charge in [0.1, 0.15) is 0 Å². The topological polar surface area (TPSA) is 96.0 Å². The third-order valence-electron chi connectivity index (χ3n) is 4.94. The average Bonchev–Trinajstić information content (AvgIpc) is 2.89. The molecule has 0 amide bonds. The first-order chi connectivity index (χ1) is 10.8. The number of ether oxygens (including phenoxy) is 3. The second-order valence-corrected chi connectivity index (χ2v) is 6.32. The zero-order valence-electron chi connectivity index (χ0n) is 13.7. The van der Waals surface area contributed by atoms with Crippen LogP contribution >= 0.6 is 0 Å². The maximum absolute atomic E-state index is 12.0. The number of hydrogen-bond donors (Lipinski definition) is 0. The molecule has 23 heavy (non-hydrogen) atoms. The quantitative estimate of drug-likeness (QED) is 0.532. The molecule has 0 aliphatic carbocycles. The Morgan fingerprint density at radius 1 is 1.00 bits per heavy atom. The molecule has 0 aromatic rings. The summed E-state index contributed by atoms with van der Waals surface area (Å²) in [6.45, 7) is 5.27. The monoisotopic (exact) mass is 326 g/mol. The van der Waals surface area contributed by atoms with Gasteiger partial charge < -0.3 is 14.2 Å². The van der Waals surface area contributed by atoms with E-state index in [0.29, 0.717) is 6.42 Å². The Labute approximate surface area is 134 Å². The van der Waals surface area contributed by atoms with E-state index in [4.69, 9.17) is 9.47 Å². The van der Waals surface area contributed by atoms with Crippen LogP contribution in [0.3, 0.4) is 0 Å². The van der Waals surface area contributed by atoms with Gasteiger partial charge in [-0.25, -0.2) is 0 Å². The van der Waals surface area contributed by atoms with Crippen LogP contribution in [0.25, 0.3) is 0 Å². The Balaban J connectivity index is 2.16. The molecule has 2 saturated heterocycles. The minimum absolute atomic E-state index is 0.270. The average molecular weight is 326 g/mol. The summed E-state index contributed by atoms with van der Waals surface area (Å²) >= 11 is 0. The lowest BCUT2D eigenvalue weighted by Crippen LogP contribution is -2.34. The Hall–Kier alpha value is -1.76. The molecule has 0 N–H and O–H groups in total. The van der Waals surface area contributed by atoms with Crippen molar-refractivity contribution in [3.05, 3.63) is 0 Å². The molecule has 2 aliphatic rings. The van der Waals surface area contributed by atoms with Crippen LogP contribution in [0.15, 0.2) is 0 Å². The van der Waals surface area contributed by atoms with Gasteiger partial charge in [-0.3, -0.25) is 19.2 Å². The fourth-order valence-corrected chi connectivity index (χ4v) is 3.66. The van der Waals surface area contributed by atoms with Gasteiger partial charge in [-0.2, -0.15) is 0 Å². The Morgan fingerprint density at radius 3 is 2.04 bits per heavy atom. The molecule has 5 unspecified atom stereocenters. The lowest BCUT2D eigenvalue weighted by atomic mass is 9.76. The molecule has 2 aliphatic heterocycles. The van der Waals surface area contributed by atoms with E-state index in [0.717, 1.165) is 0 Å². The van der Waals surface area contributed by atoms with E-state index in [1.54, 1.807) is 13.8 Å². The SMILES string of the molecule is CCC(OC)C1C(=O)OC(=O)C1C[C@H](C)C1C(=O)OC(=O)C1C. The van der Waals surface area contributed by atoms with Crippen molar-refractivity contribution in [3.63, 3.8) is 0 Å². The summed E-state index contributed by atoms with van der Waals surface area (Å²) in [5, 5.41) is 0. The van der Waals surface area contributed by atoms with Gasteiger partial charge in [-0.1, -0.05) is 20.8 Å². The van der Waals surface area contributed by atoms with Gasteiger partial charge >= 0.3 is 23.9 Å². The van der Waals surface area contributed by atoms with Gasteiger partial charge in [0.2, 0.25) is 0 Å². The molecule has 7 nitrogen and oxygen atoms in total. The maximum atomic E-state index is 12.0. The van der Waals surface area contributed by atoms with E-state index in [1.165, 1.54) is 7.11 Å². The van der Waals surface area contributed by atoms with Crippen molar-refractivity contribution in [2.75, 3.05) is 7.11 Å². The van der Waals surface area contributed by atoms with Gasteiger partial charge in [0.15, 0.2) is 0 Å². The number of hydrogen-bond acceptors (Lipinski definition) is 7. The highest BCUT2D eigenvalue weighted by atomic mass is 16.6. The Kier molecular flexibility index (Phi) is 5.19. The van der Waals surface area contributed by atoms with Crippen molar-refractivity contribution in [2.24, 2.45) is 29.6 Å². The molecule has 6 atom stereocenters. The fourth-order valence-electron chi connectivity index (χ4n) is 3.66. The minimum atomic E-state index is -0.677. The normalized spacial score (nSPS) is 33.6. The van der Waals surface area contributed by atoms with Crippen molar-refractivity contribution < 1.29 is 33.4 Å². The molecule has 2 heterocycles. The molecule has 7 heteroatoms. The minimum Gasteiger partial charge on any atom is -0.393 e. The third kappa shape index (κ3) is 3.15. The molecule has 0 aromatic heterocycles. The van der Waals surface area contributed by atoms with Crippen LogP contribution < -0.4 is 0 Å². The summed E-state index contributed by atoms with van der Waals surface area (Å²) in [4.78, 5) is 47.3. The van der Waals surface area contributed by atoms with E-state index < -0.39 is 53.7 Å². The molecule has 0 spiro atoms. The van der Waals surface area contributed by atoms with Crippen LogP contribution in [0.1, 0.15) is 33.6 Å². The predicted molar refractivity (Wildman–Crippen MR) is 76.7 cm³/mol. The van der Waals surface area contributed by atoms with Crippen molar-refractivity contribution in [1.29, 1.82) is 0 Å². The standard InChI is InChI=1S/C16H22O7/c1-5-10(21-4)12-9(14(18)23-16(12)20)6-7(2)11-8(3)13(17)22-15(11)19/h7-12H,5-6H2,1-4H3/t7-,8?,9?,10?,11?,12?/m0/s1. The van der Waals surface area contributed by atoms with Gasteiger partial charge in [0.25, 0.3) is 0 Å². The molecule has 0 aromatic carbocycles. The first-order valence-corrected chi connectivity index (χ1v) is 7.85. The second-order valence-electron chi connectivity index (χ2n) is 6.32. The fraction of sp³-hybridized carbons (Fsp3) is 0.750. The summed E-state index contributed by atoms with van der Waals surface area (Å²) in [7, 11) is 1.49. The highest BCUT2D eigenvalue weighted by Gasteiger charge is 2.51. The number of carbonyl (C=O) groups is 4. The van der Waals surface area contributed by atoms with Crippen molar-refractivity contribution in [1.82, 2.24) is 0 Å². The zero-order chi connectivity index (χ0) is 17.3. The summed E-state index contributed by atoms with van der Waals surface area (Å²) in [5.74, 6) is -5.07. The zero-order valence-corrected chi connectivity index (χ0v) is 13.7. The Morgan fingerprint density at radius 2 is 1.57 bits per heavy atom. The molecular weight excluding hydrogens is 304 g/mol. The first kappa shape index (κ1) is 17.6. The molecule has 128 valence electrons. The number of carbonyl (C=O) groups excluding carboxylic acids is 4. The van der Waals surface area contributed by atoms with Gasteiger partial charge in [0, 0.05) is 7.11 Å². The van der Waals surface area contributed by atoms with E-state index in [2.05, 4.69) is 4.74 Å². The first-order valence-electron chi connectivity index (χ1n) is 7.85.